The lowest BCUT2D eigenvalue weighted by molar-refractivity contribution is -0.141. The van der Waals surface area contributed by atoms with Crippen LogP contribution in [0.1, 0.15) is 29.8 Å². The monoisotopic (exact) mass is 616 g/mol. The number of ether oxygens (including phenoxy) is 1. The molecule has 10 nitrogen and oxygen atoms in total. The smallest absolute Gasteiger partial charge is 0.433 e. The highest BCUT2D eigenvalue weighted by Crippen LogP contribution is 2.28. The standard InChI is InChI=1S/C29H28ClF3N6O4/c30-20-7-4-19(5-8-20)6-9-25(40)37-23(17-21-3-1-2-13-34-21)27(42)36-18-26(41)39-15-11-22(12-16-39)43-28-35-14-10-24(38-28)29(31,32)33/h1-10,13-14,22-23H,11-12,15-18H2,(H,36,42)(H,37,40)/b9-6+. The van der Waals surface area contributed by atoms with Crippen molar-refractivity contribution in [2.24, 2.45) is 0 Å². The van der Waals surface area contributed by atoms with Crippen molar-refractivity contribution in [3.05, 3.63) is 89.0 Å². The molecule has 0 aliphatic carbocycles. The Balaban J connectivity index is 1.29. The highest BCUT2D eigenvalue weighted by Gasteiger charge is 2.33. The Hall–Kier alpha value is -4.52. The van der Waals surface area contributed by atoms with Crippen LogP contribution in [-0.2, 0) is 27.0 Å². The van der Waals surface area contributed by atoms with E-state index in [1.54, 1.807) is 54.7 Å². The van der Waals surface area contributed by atoms with Gasteiger partial charge >= 0.3 is 12.2 Å². The molecule has 0 saturated carbocycles. The number of piperidine rings is 1. The number of nitrogens with zero attached hydrogens (tertiary/aromatic N) is 4. The van der Waals surface area contributed by atoms with Crippen molar-refractivity contribution in [3.63, 3.8) is 0 Å². The molecule has 0 bridgehead atoms. The molecule has 2 N–H and O–H groups in total. The number of nitrogens with one attached hydrogen (secondary N) is 2. The summed E-state index contributed by atoms with van der Waals surface area (Å²) >= 11 is 5.89. The SMILES string of the molecule is O=C(/C=C/c1ccc(Cl)cc1)NC(Cc1ccccn1)C(=O)NCC(=O)N1CCC(Oc2nccc(C(F)(F)F)n2)CC1. The number of rotatable bonds is 10. The summed E-state index contributed by atoms with van der Waals surface area (Å²) in [5.41, 5.74) is 0.214. The van der Waals surface area contributed by atoms with Gasteiger partial charge in [0, 0.05) is 61.5 Å². The molecule has 1 aliphatic heterocycles. The van der Waals surface area contributed by atoms with Gasteiger partial charge in [0.1, 0.15) is 12.1 Å². The summed E-state index contributed by atoms with van der Waals surface area (Å²) in [6.45, 7) is 0.222. The average molecular weight is 617 g/mol. The molecule has 1 saturated heterocycles. The Morgan fingerprint density at radius 3 is 2.47 bits per heavy atom. The number of benzene rings is 1. The number of carbonyl (C=O) groups excluding carboxylic acids is 3. The van der Waals surface area contributed by atoms with Crippen molar-refractivity contribution in [2.75, 3.05) is 19.6 Å². The number of amides is 3. The number of alkyl halides is 3. The summed E-state index contributed by atoms with van der Waals surface area (Å²) in [5.74, 6) is -1.43. The Labute approximate surface area is 250 Å². The van der Waals surface area contributed by atoms with Crippen molar-refractivity contribution in [1.29, 1.82) is 0 Å². The Bertz CT molecular complexity index is 1430. The van der Waals surface area contributed by atoms with Gasteiger partial charge in [0.2, 0.25) is 17.7 Å². The molecular weight excluding hydrogens is 589 g/mol. The molecule has 0 radical (unpaired) electrons. The van der Waals surface area contributed by atoms with Gasteiger partial charge in [-0.1, -0.05) is 29.8 Å². The van der Waals surface area contributed by atoms with Gasteiger partial charge in [0.05, 0.1) is 6.54 Å². The van der Waals surface area contributed by atoms with Crippen LogP contribution in [0.5, 0.6) is 6.01 Å². The van der Waals surface area contributed by atoms with E-state index in [0.29, 0.717) is 23.6 Å². The molecule has 3 heterocycles. The second kappa shape index (κ2) is 14.6. The second-order valence-corrected chi connectivity index (χ2v) is 10.0. The number of hydrogen-bond acceptors (Lipinski definition) is 7. The van der Waals surface area contributed by atoms with Crippen molar-refractivity contribution in [2.45, 2.75) is 37.6 Å². The van der Waals surface area contributed by atoms with Gasteiger partial charge in [-0.2, -0.15) is 18.2 Å². The first-order chi connectivity index (χ1) is 20.6. The van der Waals surface area contributed by atoms with Gasteiger partial charge in [0.25, 0.3) is 0 Å². The van der Waals surface area contributed by atoms with E-state index in [2.05, 4.69) is 25.6 Å². The molecule has 3 amide bonds. The van der Waals surface area contributed by atoms with Crippen molar-refractivity contribution >= 4 is 35.4 Å². The van der Waals surface area contributed by atoms with Gasteiger partial charge in [-0.3, -0.25) is 19.4 Å². The van der Waals surface area contributed by atoms with Crippen LogP contribution in [0.2, 0.25) is 5.02 Å². The molecule has 3 aromatic rings. The van der Waals surface area contributed by atoms with Gasteiger partial charge in [-0.25, -0.2) is 4.98 Å². The van der Waals surface area contributed by atoms with Crippen LogP contribution >= 0.6 is 11.6 Å². The number of pyridine rings is 1. The predicted molar refractivity (Wildman–Crippen MR) is 151 cm³/mol. The Morgan fingerprint density at radius 2 is 1.79 bits per heavy atom. The highest BCUT2D eigenvalue weighted by molar-refractivity contribution is 6.30. The molecule has 226 valence electrons. The quantitative estimate of drug-likeness (QED) is 0.334. The summed E-state index contributed by atoms with van der Waals surface area (Å²) in [6, 6.07) is 11.4. The van der Waals surface area contributed by atoms with E-state index >= 15 is 0 Å². The van der Waals surface area contributed by atoms with E-state index in [1.165, 1.54) is 11.0 Å². The van der Waals surface area contributed by atoms with Crippen LogP contribution in [0.4, 0.5) is 13.2 Å². The third kappa shape index (κ3) is 9.77. The van der Waals surface area contributed by atoms with E-state index < -0.39 is 35.8 Å². The summed E-state index contributed by atoms with van der Waals surface area (Å²) in [5, 5.41) is 5.81. The largest absolute Gasteiger partial charge is 0.460 e. The van der Waals surface area contributed by atoms with Crippen LogP contribution in [0.25, 0.3) is 6.08 Å². The maximum Gasteiger partial charge on any atom is 0.433 e. The molecule has 1 fully saturated rings. The summed E-state index contributed by atoms with van der Waals surface area (Å²) in [4.78, 5) is 51.4. The first-order valence-corrected chi connectivity index (χ1v) is 13.7. The van der Waals surface area contributed by atoms with Crippen molar-refractivity contribution in [3.8, 4) is 6.01 Å². The van der Waals surface area contributed by atoms with Crippen LogP contribution in [0.15, 0.2) is 67.0 Å². The minimum atomic E-state index is -4.62. The van der Waals surface area contributed by atoms with E-state index in [4.69, 9.17) is 16.3 Å². The Kier molecular flexibility index (Phi) is 10.7. The molecule has 1 aliphatic rings. The molecule has 14 heteroatoms. The van der Waals surface area contributed by atoms with Crippen LogP contribution < -0.4 is 15.4 Å². The summed E-state index contributed by atoms with van der Waals surface area (Å²) in [6.07, 6.45) is 1.13. The zero-order valence-electron chi connectivity index (χ0n) is 22.8. The van der Waals surface area contributed by atoms with Crippen molar-refractivity contribution in [1.82, 2.24) is 30.5 Å². The average Bonchev–Trinajstić information content (AvgIpc) is 3.00. The molecule has 0 spiro atoms. The molecule has 43 heavy (non-hydrogen) atoms. The van der Waals surface area contributed by atoms with Gasteiger partial charge in [-0.15, -0.1) is 0 Å². The first kappa shape index (κ1) is 31.4. The van der Waals surface area contributed by atoms with E-state index in [0.717, 1.165) is 17.8 Å². The van der Waals surface area contributed by atoms with Crippen LogP contribution in [0, 0.1) is 0 Å². The van der Waals surface area contributed by atoms with Gasteiger partial charge in [0.15, 0.2) is 5.69 Å². The number of hydrogen-bond donors (Lipinski definition) is 2. The molecule has 1 aromatic carbocycles. The zero-order chi connectivity index (χ0) is 30.8. The topological polar surface area (TPSA) is 126 Å². The lowest BCUT2D eigenvalue weighted by atomic mass is 10.1. The fraction of sp³-hybridized carbons (Fsp3) is 0.310. The highest BCUT2D eigenvalue weighted by atomic mass is 35.5. The van der Waals surface area contributed by atoms with E-state index in [-0.39, 0.29) is 38.0 Å². The maximum atomic E-state index is 13.1. The first-order valence-electron chi connectivity index (χ1n) is 13.3. The van der Waals surface area contributed by atoms with E-state index in [1.807, 2.05) is 0 Å². The molecule has 2 aromatic heterocycles. The zero-order valence-corrected chi connectivity index (χ0v) is 23.5. The lowest BCUT2D eigenvalue weighted by Crippen LogP contribution is -2.51. The fourth-order valence-corrected chi connectivity index (χ4v) is 4.35. The van der Waals surface area contributed by atoms with Crippen LogP contribution in [-0.4, -0.2) is 69.4 Å². The number of halogens is 4. The third-order valence-electron chi connectivity index (χ3n) is 6.47. The molecule has 1 unspecified atom stereocenters. The predicted octanol–water partition coefficient (Wildman–Crippen LogP) is 3.47. The molecule has 4 rings (SSSR count). The van der Waals surface area contributed by atoms with Gasteiger partial charge in [-0.05, 0) is 42.0 Å². The van der Waals surface area contributed by atoms with Crippen LogP contribution in [0.3, 0.4) is 0 Å². The number of aromatic nitrogens is 3. The maximum absolute atomic E-state index is 13.1. The van der Waals surface area contributed by atoms with Gasteiger partial charge < -0.3 is 20.3 Å². The summed E-state index contributed by atoms with van der Waals surface area (Å²) < 4.78 is 44.2. The minimum absolute atomic E-state index is 0.0989. The normalized spacial score (nSPS) is 14.7. The lowest BCUT2D eigenvalue weighted by Gasteiger charge is -2.32. The number of carbonyl (C=O) groups is 3. The van der Waals surface area contributed by atoms with Crippen molar-refractivity contribution < 1.29 is 32.3 Å². The third-order valence-corrected chi connectivity index (χ3v) is 6.73. The Morgan fingerprint density at radius 1 is 1.05 bits per heavy atom. The second-order valence-electron chi connectivity index (χ2n) is 9.61. The van der Waals surface area contributed by atoms with E-state index in [9.17, 15) is 27.6 Å². The summed E-state index contributed by atoms with van der Waals surface area (Å²) in [7, 11) is 0. The minimum Gasteiger partial charge on any atom is -0.460 e. The molecular formula is C29H28ClF3N6O4. The fourth-order valence-electron chi connectivity index (χ4n) is 4.23. The number of likely N-dealkylation sites (tertiary alicyclic amines) is 1. The molecule has 1 atom stereocenters.